The van der Waals surface area contributed by atoms with Crippen LogP contribution in [0.1, 0.15) is 142 Å². The van der Waals surface area contributed by atoms with E-state index in [4.69, 9.17) is 33.4 Å². The number of ketones is 3. The number of Topliss-reactive ketones (excluding diaryl/α,β-unsaturated/α-hetero) is 3. The van der Waals surface area contributed by atoms with E-state index in [1.165, 1.54) is 13.8 Å². The number of esters is 1. The van der Waals surface area contributed by atoms with Gasteiger partial charge in [0.15, 0.2) is 17.3 Å². The summed E-state index contributed by atoms with van der Waals surface area (Å²) >= 11 is 0. The van der Waals surface area contributed by atoms with E-state index in [1.54, 1.807) is 44.2 Å². The van der Waals surface area contributed by atoms with Gasteiger partial charge in [-0.25, -0.2) is 0 Å². The standard InChI is InChI=1S/C60H99N13O15/c1-34(2)29-46-58(85)69-44(20-26-64)48(76)31-38(17-23-61)55(82)73-53(36(4)75)60(87)66-28-22-39(54(81)70-45(21-27-65)57(84)72-47(59(86)71-46)30-37-11-7-5-8-12-37)32-49(77)43(19-25-63)68-56(83)41(35(3)74)33-50(78)42(18-24-62)67-51(79)15-16-52(80)88-40-13-9-6-10-14-40/h5,7-8,11-12,34-36,38-47,53,74-75H,6,9-10,13-33,61-65H2,1-4H3,(H,66,87)(H,67,79)(H,68,83)(H,69,85)(H,70,81)(H,71,86)(H,72,84)(H,73,82)/t35?,36?,38-,39-,41+,42+,43+,44+,45+,46+,47-,53+/m1/s1. The zero-order valence-corrected chi connectivity index (χ0v) is 51.5. The third-order valence-electron chi connectivity index (χ3n) is 15.6. The Balaban J connectivity index is 2.03. The summed E-state index contributed by atoms with van der Waals surface area (Å²) < 4.78 is 5.50. The van der Waals surface area contributed by atoms with Crippen LogP contribution in [0.15, 0.2) is 30.3 Å². The fourth-order valence-electron chi connectivity index (χ4n) is 10.6. The Morgan fingerprint density at radius 2 is 1.16 bits per heavy atom. The highest BCUT2D eigenvalue weighted by molar-refractivity contribution is 5.99. The molecule has 494 valence electrons. The molecular weight excluding hydrogens is 1140 g/mol. The number of amides is 8. The van der Waals surface area contributed by atoms with Crippen molar-refractivity contribution in [3.8, 4) is 0 Å². The quantitative estimate of drug-likeness (QED) is 0.0357. The second-order valence-corrected chi connectivity index (χ2v) is 23.4. The number of nitrogens with one attached hydrogen (secondary N) is 8. The second kappa shape index (κ2) is 39.9. The summed E-state index contributed by atoms with van der Waals surface area (Å²) in [6.45, 7) is 5.08. The summed E-state index contributed by atoms with van der Waals surface area (Å²) in [4.78, 5) is 167. The van der Waals surface area contributed by atoms with E-state index in [1.807, 2.05) is 0 Å². The molecule has 1 saturated carbocycles. The molecule has 1 aromatic rings. The molecule has 88 heavy (non-hydrogen) atoms. The van der Waals surface area contributed by atoms with Gasteiger partial charge in [-0.1, -0.05) is 50.6 Å². The topological polar surface area (TPSA) is 481 Å². The number of aliphatic hydroxyl groups is 2. The SMILES string of the molecule is CC(C)C[C@@H]1NC(=O)[C@@H](Cc2ccccc2)NC(=O)[C@H](CCN)NC(=O)[C@@H](CC(=O)[C@H](CCN)NC(=O)[C@@H](CC(=O)[C@H](CCN)NC(=O)CCC(=O)OC2CCCCC2)C(C)O)CCNC(=O)[C@H](C(C)O)NC(=O)[C@H](CCN)CC(=O)[C@H](CCN)NC1=O. The number of hydrogen-bond donors (Lipinski definition) is 15. The van der Waals surface area contributed by atoms with Crippen LogP contribution in [-0.4, -0.2) is 181 Å². The lowest BCUT2D eigenvalue weighted by Gasteiger charge is -2.28. The monoisotopic (exact) mass is 1240 g/mol. The zero-order chi connectivity index (χ0) is 65.5. The van der Waals surface area contributed by atoms with Crippen molar-refractivity contribution in [1.82, 2.24) is 42.5 Å². The maximum atomic E-state index is 14.6. The molecule has 2 fully saturated rings. The zero-order valence-electron chi connectivity index (χ0n) is 51.5. The molecule has 1 heterocycles. The van der Waals surface area contributed by atoms with Crippen LogP contribution in [0.5, 0.6) is 0 Å². The number of benzene rings is 1. The van der Waals surface area contributed by atoms with E-state index < -0.39 is 169 Å². The molecule has 0 aromatic heterocycles. The van der Waals surface area contributed by atoms with Crippen molar-refractivity contribution in [2.24, 2.45) is 52.3 Å². The molecule has 0 bridgehead atoms. The highest BCUT2D eigenvalue weighted by Crippen LogP contribution is 2.22. The van der Waals surface area contributed by atoms with E-state index in [2.05, 4.69) is 42.5 Å². The largest absolute Gasteiger partial charge is 0.462 e. The van der Waals surface area contributed by atoms with Gasteiger partial charge in [-0.2, -0.15) is 0 Å². The Hall–Kier alpha value is -6.82. The number of hydrogen-bond acceptors (Lipinski definition) is 20. The molecule has 12 atom stereocenters. The van der Waals surface area contributed by atoms with Gasteiger partial charge in [0.1, 0.15) is 30.3 Å². The Labute approximate surface area is 515 Å². The van der Waals surface area contributed by atoms with Crippen molar-refractivity contribution >= 4 is 70.6 Å². The lowest BCUT2D eigenvalue weighted by Crippen LogP contribution is -2.59. The molecule has 0 radical (unpaired) electrons. The average Bonchev–Trinajstić information content (AvgIpc) is 3.55. The molecule has 8 amide bonds. The van der Waals surface area contributed by atoms with Gasteiger partial charge in [-0.15, -0.1) is 0 Å². The van der Waals surface area contributed by atoms with Crippen LogP contribution in [0.4, 0.5) is 0 Å². The van der Waals surface area contributed by atoms with E-state index >= 15 is 0 Å². The number of ether oxygens (including phenoxy) is 1. The first-order chi connectivity index (χ1) is 41.8. The van der Waals surface area contributed by atoms with Crippen LogP contribution >= 0.6 is 0 Å². The molecule has 2 aliphatic rings. The van der Waals surface area contributed by atoms with Gasteiger partial charge < -0.3 is 86.2 Å². The van der Waals surface area contributed by atoms with Gasteiger partial charge in [-0.05, 0) is 129 Å². The predicted molar refractivity (Wildman–Crippen MR) is 324 cm³/mol. The molecule has 1 saturated heterocycles. The minimum absolute atomic E-state index is 0.0537. The molecule has 20 N–H and O–H groups in total. The fraction of sp³-hybridized carbons (Fsp3) is 0.700. The van der Waals surface area contributed by atoms with Gasteiger partial charge in [0.25, 0.3) is 0 Å². The fourth-order valence-corrected chi connectivity index (χ4v) is 10.6. The smallest absolute Gasteiger partial charge is 0.306 e. The molecule has 28 nitrogen and oxygen atoms in total. The Bertz CT molecular complexity index is 2460. The van der Waals surface area contributed by atoms with Crippen LogP contribution in [-0.2, 0) is 68.7 Å². The summed E-state index contributed by atoms with van der Waals surface area (Å²) in [6.07, 6.45) is -2.16. The van der Waals surface area contributed by atoms with Crippen molar-refractivity contribution in [2.45, 2.75) is 204 Å². The van der Waals surface area contributed by atoms with Crippen molar-refractivity contribution < 1.29 is 72.5 Å². The summed E-state index contributed by atoms with van der Waals surface area (Å²) in [5.41, 5.74) is 30.1. The number of carbonyl (C=O) groups is 12. The van der Waals surface area contributed by atoms with Crippen LogP contribution in [0.2, 0.25) is 0 Å². The molecule has 28 heteroatoms. The lowest BCUT2D eigenvalue weighted by molar-refractivity contribution is -0.151. The lowest BCUT2D eigenvalue weighted by atomic mass is 9.90. The number of carbonyl (C=O) groups excluding carboxylic acids is 12. The molecule has 3 rings (SSSR count). The third kappa shape index (κ3) is 26.5. The molecule has 0 spiro atoms. The van der Waals surface area contributed by atoms with Gasteiger partial charge in [0.2, 0.25) is 47.3 Å². The van der Waals surface area contributed by atoms with Gasteiger partial charge >= 0.3 is 5.97 Å². The summed E-state index contributed by atoms with van der Waals surface area (Å²) in [5, 5.41) is 42.7. The van der Waals surface area contributed by atoms with Crippen LogP contribution in [0, 0.1) is 23.7 Å². The Morgan fingerprint density at radius 1 is 0.602 bits per heavy atom. The first kappa shape index (κ1) is 75.4. The molecule has 2 unspecified atom stereocenters. The normalized spacial score (nSPS) is 23.5. The van der Waals surface area contributed by atoms with Crippen molar-refractivity contribution in [1.29, 1.82) is 0 Å². The minimum atomic E-state index is -1.64. The maximum Gasteiger partial charge on any atom is 0.306 e. The number of nitrogens with two attached hydrogens (primary N) is 5. The number of rotatable bonds is 29. The molecule has 1 aliphatic carbocycles. The third-order valence-corrected chi connectivity index (χ3v) is 15.6. The summed E-state index contributed by atoms with van der Waals surface area (Å²) in [7, 11) is 0. The van der Waals surface area contributed by atoms with Crippen molar-refractivity contribution in [2.75, 3.05) is 39.3 Å². The average molecular weight is 1240 g/mol. The van der Waals surface area contributed by atoms with E-state index in [0.717, 1.165) is 32.1 Å². The van der Waals surface area contributed by atoms with Crippen LogP contribution in [0.3, 0.4) is 0 Å². The highest BCUT2D eigenvalue weighted by Gasteiger charge is 2.38. The van der Waals surface area contributed by atoms with E-state index in [0.29, 0.717) is 5.56 Å². The van der Waals surface area contributed by atoms with Crippen molar-refractivity contribution in [3.05, 3.63) is 35.9 Å². The minimum Gasteiger partial charge on any atom is -0.462 e. The van der Waals surface area contributed by atoms with Crippen LogP contribution < -0.4 is 71.2 Å². The maximum absolute atomic E-state index is 14.6. The van der Waals surface area contributed by atoms with E-state index in [-0.39, 0.29) is 109 Å². The van der Waals surface area contributed by atoms with Gasteiger partial charge in [0, 0.05) is 50.5 Å². The van der Waals surface area contributed by atoms with E-state index in [9.17, 15) is 67.7 Å². The molecule has 1 aromatic carbocycles. The van der Waals surface area contributed by atoms with Gasteiger partial charge in [-0.3, -0.25) is 57.5 Å². The first-order valence-corrected chi connectivity index (χ1v) is 30.9. The van der Waals surface area contributed by atoms with Crippen LogP contribution in [0.25, 0.3) is 0 Å². The predicted octanol–water partition coefficient (Wildman–Crippen LogP) is -2.92. The second-order valence-electron chi connectivity index (χ2n) is 23.4. The summed E-state index contributed by atoms with van der Waals surface area (Å²) in [6, 6.07) is -1.07. The number of aliphatic hydroxyl groups excluding tert-OH is 2. The first-order valence-electron chi connectivity index (χ1n) is 30.9. The Kier molecular flexibility index (Phi) is 34.2. The Morgan fingerprint density at radius 3 is 1.75 bits per heavy atom. The molecular formula is C60H99N13O15. The molecule has 1 aliphatic heterocycles. The van der Waals surface area contributed by atoms with Gasteiger partial charge in [0.05, 0.1) is 42.7 Å². The highest BCUT2D eigenvalue weighted by atomic mass is 16.5. The van der Waals surface area contributed by atoms with Crippen molar-refractivity contribution in [3.63, 3.8) is 0 Å². The summed E-state index contributed by atoms with van der Waals surface area (Å²) in [5.74, 6) is -13.7.